The van der Waals surface area contributed by atoms with Crippen LogP contribution >= 0.6 is 0 Å². The molecule has 0 amide bonds. The zero-order chi connectivity index (χ0) is 15.0. The molecule has 2 aliphatic heterocycles. The molecule has 3 unspecified atom stereocenters. The van der Waals surface area contributed by atoms with E-state index in [-0.39, 0.29) is 23.7 Å². The van der Waals surface area contributed by atoms with E-state index in [1.54, 1.807) is 0 Å². The van der Waals surface area contributed by atoms with E-state index in [0.29, 0.717) is 0 Å². The predicted octanol–water partition coefficient (Wildman–Crippen LogP) is 2.94. The third-order valence-corrected chi connectivity index (χ3v) is 5.09. The van der Waals surface area contributed by atoms with Crippen LogP contribution in [0.15, 0.2) is 35.4 Å². The van der Waals surface area contributed by atoms with E-state index in [4.69, 9.17) is 12.7 Å². The van der Waals surface area contributed by atoms with Gasteiger partial charge >= 0.3 is 15.9 Å². The normalized spacial score (nSPS) is 28.9. The molecular weight excluding hydrogens is 279 g/mol. The lowest BCUT2D eigenvalue weighted by Gasteiger charge is -2.40. The highest BCUT2D eigenvalue weighted by molar-refractivity contribution is 6.19. The van der Waals surface area contributed by atoms with Gasteiger partial charge in [0.1, 0.15) is 6.23 Å². The molecule has 0 aromatic heterocycles. The topological polar surface area (TPSA) is 34.1 Å². The van der Waals surface area contributed by atoms with Crippen LogP contribution in [0.5, 0.6) is 0 Å². The Bertz CT molecular complexity index is 527. The molecule has 4 nitrogen and oxygen atoms in total. The second kappa shape index (κ2) is 5.74. The fraction of sp³-hybridized carbons (Fsp3) is 0.562. The first-order valence-corrected chi connectivity index (χ1v) is 8.74. The van der Waals surface area contributed by atoms with Crippen molar-refractivity contribution in [3.8, 4) is 0 Å². The summed E-state index contributed by atoms with van der Waals surface area (Å²) in [6.07, 6.45) is 1.29. The molecule has 0 spiro atoms. The summed E-state index contributed by atoms with van der Waals surface area (Å²) in [5.74, 6) is 0.241. The van der Waals surface area contributed by atoms with Crippen LogP contribution in [0.2, 0.25) is 0 Å². The fourth-order valence-electron chi connectivity index (χ4n) is 3.15. The lowest BCUT2D eigenvalue weighted by atomic mass is 9.82. The molecule has 2 aliphatic rings. The molecule has 2 heterocycles. The summed E-state index contributed by atoms with van der Waals surface area (Å²) in [5.41, 5.74) is 2.46. The van der Waals surface area contributed by atoms with Gasteiger partial charge in [0.15, 0.2) is 0 Å². The highest BCUT2D eigenvalue weighted by Crippen LogP contribution is 2.38. The molecule has 0 bridgehead atoms. The van der Waals surface area contributed by atoms with Crippen molar-refractivity contribution in [1.82, 2.24) is 0 Å². The number of para-hydroxylation sites is 1. The zero-order valence-electron chi connectivity index (χ0n) is 13.2. The first kappa shape index (κ1) is 15.1. The molecular formula is C16H23AlN2O2. The van der Waals surface area contributed by atoms with Crippen LogP contribution < -0.4 is 5.01 Å². The number of hydrazone groups is 1. The Labute approximate surface area is 133 Å². The van der Waals surface area contributed by atoms with Gasteiger partial charge in [0.2, 0.25) is 0 Å². The van der Waals surface area contributed by atoms with Crippen LogP contribution in [0.4, 0.5) is 5.69 Å². The highest BCUT2D eigenvalue weighted by Gasteiger charge is 2.46. The standard InChI is InChI=1S/C16H22N2O2.Al.H/c1-11-14(13(19)10-16(2,3)4)15(20)18(17-11)12-8-6-5-7-9-12;;/h5-9,13-15H,10H2,1-4H3;;/q-2;+2;. The molecule has 0 N–H and O–H groups in total. The van der Waals surface area contributed by atoms with E-state index in [2.05, 4.69) is 39.8 Å². The molecule has 1 fully saturated rings. The molecule has 0 aliphatic carbocycles. The minimum absolute atomic E-state index is 0.0140. The molecule has 3 rings (SSSR count). The Kier molecular flexibility index (Phi) is 4.11. The lowest BCUT2D eigenvalue weighted by Crippen LogP contribution is -2.49. The Balaban J connectivity index is 1.85. The van der Waals surface area contributed by atoms with Crippen molar-refractivity contribution in [1.29, 1.82) is 0 Å². The average molecular weight is 302 g/mol. The van der Waals surface area contributed by atoms with Crippen molar-refractivity contribution >= 4 is 27.3 Å². The van der Waals surface area contributed by atoms with E-state index in [9.17, 15) is 0 Å². The molecule has 21 heavy (non-hydrogen) atoms. The van der Waals surface area contributed by atoms with Crippen molar-refractivity contribution in [2.24, 2.45) is 16.4 Å². The van der Waals surface area contributed by atoms with E-state index in [1.807, 2.05) is 23.2 Å². The average Bonchev–Trinajstić information content (AvgIpc) is 2.77. The maximum absolute atomic E-state index is 6.03. The van der Waals surface area contributed by atoms with Gasteiger partial charge < -0.3 is 7.58 Å². The molecule has 1 aromatic carbocycles. The van der Waals surface area contributed by atoms with Gasteiger partial charge in [-0.15, -0.1) is 0 Å². The third kappa shape index (κ3) is 3.17. The number of rotatable bonds is 2. The molecule has 0 saturated carbocycles. The minimum atomic E-state index is -0.932. The summed E-state index contributed by atoms with van der Waals surface area (Å²) in [5, 5.41) is 6.78. The van der Waals surface area contributed by atoms with Crippen LogP contribution in [-0.4, -0.2) is 33.9 Å². The van der Waals surface area contributed by atoms with Gasteiger partial charge in [0.25, 0.3) is 0 Å². The van der Waals surface area contributed by atoms with E-state index in [0.717, 1.165) is 17.8 Å². The van der Waals surface area contributed by atoms with Crippen molar-refractivity contribution in [3.05, 3.63) is 30.3 Å². The molecule has 5 heteroatoms. The highest BCUT2D eigenvalue weighted by atomic mass is 27.2. The van der Waals surface area contributed by atoms with Crippen molar-refractivity contribution in [2.75, 3.05) is 5.01 Å². The van der Waals surface area contributed by atoms with Crippen LogP contribution in [-0.2, 0) is 7.58 Å². The third-order valence-electron chi connectivity index (χ3n) is 4.05. The largest absolute Gasteiger partial charge is 0.651 e. The summed E-state index contributed by atoms with van der Waals surface area (Å²) < 4.78 is 12.0. The first-order valence-electron chi connectivity index (χ1n) is 7.58. The first-order chi connectivity index (χ1) is 9.96. The number of benzene rings is 1. The fourth-order valence-corrected chi connectivity index (χ4v) is 4.22. The Morgan fingerprint density at radius 3 is 2.57 bits per heavy atom. The molecule has 112 valence electrons. The number of anilines is 1. The van der Waals surface area contributed by atoms with Gasteiger partial charge in [-0.25, -0.2) is 5.01 Å². The quantitative estimate of drug-likeness (QED) is 0.788. The molecule has 3 atom stereocenters. The second-order valence-electron chi connectivity index (χ2n) is 7.09. The van der Waals surface area contributed by atoms with Gasteiger partial charge in [0.05, 0.1) is 11.6 Å². The molecule has 1 aromatic rings. The summed E-state index contributed by atoms with van der Waals surface area (Å²) in [4.78, 5) is 0. The minimum Gasteiger partial charge on any atom is -0.478 e. The van der Waals surface area contributed by atoms with E-state index in [1.165, 1.54) is 0 Å². The second-order valence-corrected chi connectivity index (χ2v) is 7.99. The maximum Gasteiger partial charge on any atom is 0.651 e. The smallest absolute Gasteiger partial charge is 0.478 e. The summed E-state index contributed by atoms with van der Waals surface area (Å²) in [7, 11) is 0. The summed E-state index contributed by atoms with van der Waals surface area (Å²) in [6.45, 7) is 8.88. The summed E-state index contributed by atoms with van der Waals surface area (Å²) >= 11 is -0.932. The summed E-state index contributed by atoms with van der Waals surface area (Å²) in [6, 6.07) is 10.3. The molecule has 1 saturated heterocycles. The van der Waals surface area contributed by atoms with Crippen LogP contribution in [0.25, 0.3) is 0 Å². The zero-order valence-corrected chi connectivity index (χ0v) is 14.7. The van der Waals surface area contributed by atoms with Gasteiger partial charge in [-0.2, -0.15) is 5.10 Å². The SMILES string of the molecule is CC1=NN(c2ccccc2)C2[O][AlH][O]C(CC(C)(C)C)C12. The Morgan fingerprint density at radius 1 is 1.19 bits per heavy atom. The number of nitrogens with zero attached hydrogens (tertiary/aromatic N) is 2. The van der Waals surface area contributed by atoms with Gasteiger partial charge in [-0.3, -0.25) is 0 Å². The maximum atomic E-state index is 6.03. The lowest BCUT2D eigenvalue weighted by molar-refractivity contribution is -0.00912. The van der Waals surface area contributed by atoms with Crippen molar-refractivity contribution in [3.63, 3.8) is 0 Å². The van der Waals surface area contributed by atoms with Crippen LogP contribution in [0.1, 0.15) is 34.1 Å². The Hall–Kier alpha value is -0.858. The van der Waals surface area contributed by atoms with Crippen molar-refractivity contribution < 1.29 is 7.58 Å². The van der Waals surface area contributed by atoms with Gasteiger partial charge in [0, 0.05) is 11.8 Å². The van der Waals surface area contributed by atoms with E-state index < -0.39 is 15.9 Å². The van der Waals surface area contributed by atoms with Crippen LogP contribution in [0, 0.1) is 11.3 Å². The number of hydrogen-bond donors (Lipinski definition) is 0. The van der Waals surface area contributed by atoms with Crippen molar-refractivity contribution in [2.45, 2.75) is 46.4 Å². The number of hydrogen-bond acceptors (Lipinski definition) is 4. The predicted molar refractivity (Wildman–Crippen MR) is 86.5 cm³/mol. The van der Waals surface area contributed by atoms with E-state index >= 15 is 0 Å². The van der Waals surface area contributed by atoms with Crippen LogP contribution in [0.3, 0.4) is 0 Å². The monoisotopic (exact) mass is 302 g/mol. The molecule has 0 radical (unpaired) electrons. The Morgan fingerprint density at radius 2 is 1.90 bits per heavy atom. The van der Waals surface area contributed by atoms with Gasteiger partial charge in [-0.05, 0) is 30.9 Å². The number of fused-ring (bicyclic) bond motifs is 1. The van der Waals surface area contributed by atoms with Gasteiger partial charge in [-0.1, -0.05) is 39.0 Å².